The largest absolute Gasteiger partial charge is 0.493 e. The summed E-state index contributed by atoms with van der Waals surface area (Å²) in [7, 11) is 3.16. The van der Waals surface area contributed by atoms with Gasteiger partial charge in [-0.25, -0.2) is 4.39 Å². The fourth-order valence-corrected chi connectivity index (χ4v) is 2.76. The zero-order valence-corrected chi connectivity index (χ0v) is 15.8. The van der Waals surface area contributed by atoms with Gasteiger partial charge in [-0.2, -0.15) is 4.98 Å². The van der Waals surface area contributed by atoms with E-state index in [0.717, 1.165) is 11.3 Å². The Morgan fingerprint density at radius 2 is 1.74 bits per heavy atom. The predicted octanol–water partition coefficient (Wildman–Crippen LogP) is 4.31. The lowest BCUT2D eigenvalue weighted by atomic mass is 10.2. The Morgan fingerprint density at radius 3 is 2.37 bits per heavy atom. The van der Waals surface area contributed by atoms with Crippen LogP contribution in [0.1, 0.15) is 19.7 Å². The van der Waals surface area contributed by atoms with Gasteiger partial charge < -0.3 is 18.9 Å². The monoisotopic (exact) mass is 371 g/mol. The Kier molecular flexibility index (Phi) is 5.59. The van der Waals surface area contributed by atoms with Crippen LogP contribution in [0, 0.1) is 5.82 Å². The second kappa shape index (κ2) is 8.07. The summed E-state index contributed by atoms with van der Waals surface area (Å²) in [5.74, 6) is 1.89. The number of halogens is 1. The molecule has 0 amide bonds. The highest BCUT2D eigenvalue weighted by Gasteiger charge is 2.17. The summed E-state index contributed by atoms with van der Waals surface area (Å²) in [5, 5.41) is 4.07. The number of hydrogen-bond acceptors (Lipinski definition) is 6. The number of rotatable bonds is 7. The van der Waals surface area contributed by atoms with E-state index in [9.17, 15) is 4.39 Å². The van der Waals surface area contributed by atoms with Crippen molar-refractivity contribution in [2.24, 2.45) is 0 Å². The van der Waals surface area contributed by atoms with Gasteiger partial charge in [0.15, 0.2) is 11.5 Å². The van der Waals surface area contributed by atoms with E-state index in [4.69, 9.17) is 14.0 Å². The molecule has 0 fully saturated rings. The maximum atomic E-state index is 13.2. The van der Waals surface area contributed by atoms with Gasteiger partial charge in [0.2, 0.25) is 11.7 Å². The SMILES string of the molecule is COc1ccc(-c2noc(CN(c3ccc(F)cc3)C(C)C)n2)cc1OC. The first-order valence-electron chi connectivity index (χ1n) is 8.59. The van der Waals surface area contributed by atoms with Gasteiger partial charge in [0, 0.05) is 17.3 Å². The van der Waals surface area contributed by atoms with E-state index in [-0.39, 0.29) is 11.9 Å². The fraction of sp³-hybridized carbons (Fsp3) is 0.300. The number of benzene rings is 2. The molecule has 0 N–H and O–H groups in total. The zero-order chi connectivity index (χ0) is 19.4. The minimum atomic E-state index is -0.268. The summed E-state index contributed by atoms with van der Waals surface area (Å²) in [4.78, 5) is 6.55. The molecule has 0 atom stereocenters. The highest BCUT2D eigenvalue weighted by Crippen LogP contribution is 2.31. The van der Waals surface area contributed by atoms with Crippen molar-refractivity contribution >= 4 is 5.69 Å². The molecule has 0 spiro atoms. The molecule has 0 bridgehead atoms. The molecule has 2 aromatic carbocycles. The Balaban J connectivity index is 1.83. The van der Waals surface area contributed by atoms with Crippen LogP contribution in [0.3, 0.4) is 0 Å². The van der Waals surface area contributed by atoms with Crippen LogP contribution < -0.4 is 14.4 Å². The van der Waals surface area contributed by atoms with E-state index in [2.05, 4.69) is 28.9 Å². The van der Waals surface area contributed by atoms with Gasteiger partial charge in [-0.3, -0.25) is 0 Å². The van der Waals surface area contributed by atoms with Gasteiger partial charge in [-0.15, -0.1) is 0 Å². The van der Waals surface area contributed by atoms with Crippen LogP contribution in [-0.2, 0) is 6.54 Å². The first-order chi connectivity index (χ1) is 13.0. The Labute approximate surface area is 157 Å². The first-order valence-corrected chi connectivity index (χ1v) is 8.59. The molecule has 6 nitrogen and oxygen atoms in total. The highest BCUT2D eigenvalue weighted by molar-refractivity contribution is 5.60. The number of methoxy groups -OCH3 is 2. The molecule has 1 heterocycles. The lowest BCUT2D eigenvalue weighted by Gasteiger charge is -2.27. The summed E-state index contributed by atoms with van der Waals surface area (Å²) in [5.41, 5.74) is 1.65. The van der Waals surface area contributed by atoms with E-state index >= 15 is 0 Å². The van der Waals surface area contributed by atoms with Crippen LogP contribution in [0.4, 0.5) is 10.1 Å². The van der Waals surface area contributed by atoms with E-state index < -0.39 is 0 Å². The van der Waals surface area contributed by atoms with Crippen molar-refractivity contribution in [2.45, 2.75) is 26.4 Å². The summed E-state index contributed by atoms with van der Waals surface area (Å²) < 4.78 is 29.2. The maximum absolute atomic E-state index is 13.2. The summed E-state index contributed by atoms with van der Waals surface area (Å²) in [6.45, 7) is 4.52. The van der Waals surface area contributed by atoms with E-state index in [1.54, 1.807) is 38.5 Å². The van der Waals surface area contributed by atoms with Gasteiger partial charge in [0.05, 0.1) is 20.8 Å². The van der Waals surface area contributed by atoms with Crippen molar-refractivity contribution in [1.82, 2.24) is 10.1 Å². The van der Waals surface area contributed by atoms with Gasteiger partial charge in [0.1, 0.15) is 5.82 Å². The van der Waals surface area contributed by atoms with Gasteiger partial charge >= 0.3 is 0 Å². The molecule has 0 aliphatic carbocycles. The van der Waals surface area contributed by atoms with Crippen LogP contribution in [0.25, 0.3) is 11.4 Å². The van der Waals surface area contributed by atoms with Crippen LogP contribution in [0.2, 0.25) is 0 Å². The van der Waals surface area contributed by atoms with Crippen molar-refractivity contribution in [1.29, 1.82) is 0 Å². The standard InChI is InChI=1S/C20H22FN3O3/c1-13(2)24(16-8-6-15(21)7-9-16)12-19-22-20(23-27-19)14-5-10-17(25-3)18(11-14)26-4/h5-11,13H,12H2,1-4H3. The lowest BCUT2D eigenvalue weighted by molar-refractivity contribution is 0.355. The molecule has 0 unspecified atom stereocenters. The molecular formula is C20H22FN3O3. The van der Waals surface area contributed by atoms with Crippen LogP contribution >= 0.6 is 0 Å². The molecule has 3 rings (SSSR count). The second-order valence-electron chi connectivity index (χ2n) is 6.28. The van der Waals surface area contributed by atoms with Crippen molar-refractivity contribution in [3.63, 3.8) is 0 Å². The van der Waals surface area contributed by atoms with E-state index in [1.165, 1.54) is 12.1 Å². The molecule has 1 aromatic heterocycles. The van der Waals surface area contributed by atoms with Gasteiger partial charge in [0.25, 0.3) is 0 Å². The predicted molar refractivity (Wildman–Crippen MR) is 101 cm³/mol. The summed E-state index contributed by atoms with van der Waals surface area (Å²) in [6.07, 6.45) is 0. The van der Waals surface area contributed by atoms with E-state index in [1.807, 2.05) is 6.07 Å². The number of ether oxygens (including phenoxy) is 2. The second-order valence-corrected chi connectivity index (χ2v) is 6.28. The minimum Gasteiger partial charge on any atom is -0.493 e. The quantitative estimate of drug-likeness (QED) is 0.617. The zero-order valence-electron chi connectivity index (χ0n) is 15.8. The molecule has 0 saturated carbocycles. The van der Waals surface area contributed by atoms with Crippen molar-refractivity contribution in [2.75, 3.05) is 19.1 Å². The Bertz CT molecular complexity index is 894. The highest BCUT2D eigenvalue weighted by atomic mass is 19.1. The Hall–Kier alpha value is -3.09. The Morgan fingerprint density at radius 1 is 1.04 bits per heavy atom. The molecule has 3 aromatic rings. The van der Waals surface area contributed by atoms with Crippen molar-refractivity contribution < 1.29 is 18.4 Å². The summed E-state index contributed by atoms with van der Waals surface area (Å²) >= 11 is 0. The normalized spacial score (nSPS) is 10.9. The topological polar surface area (TPSA) is 60.6 Å². The third kappa shape index (κ3) is 4.19. The number of hydrogen-bond donors (Lipinski definition) is 0. The van der Waals surface area contributed by atoms with Crippen LogP contribution in [-0.4, -0.2) is 30.4 Å². The molecule has 0 aliphatic heterocycles. The summed E-state index contributed by atoms with van der Waals surface area (Å²) in [6, 6.07) is 12.0. The third-order valence-electron chi connectivity index (χ3n) is 4.20. The molecule has 0 saturated heterocycles. The average Bonchev–Trinajstić information content (AvgIpc) is 3.15. The van der Waals surface area contributed by atoms with Gasteiger partial charge in [-0.1, -0.05) is 5.16 Å². The third-order valence-corrected chi connectivity index (χ3v) is 4.20. The molecular weight excluding hydrogens is 349 g/mol. The molecule has 27 heavy (non-hydrogen) atoms. The first kappa shape index (κ1) is 18.7. The lowest BCUT2D eigenvalue weighted by Crippen LogP contribution is -2.30. The van der Waals surface area contributed by atoms with Crippen molar-refractivity contribution in [3.8, 4) is 22.9 Å². The maximum Gasteiger partial charge on any atom is 0.246 e. The van der Waals surface area contributed by atoms with Gasteiger partial charge in [-0.05, 0) is 56.3 Å². The average molecular weight is 371 g/mol. The smallest absolute Gasteiger partial charge is 0.246 e. The molecule has 0 radical (unpaired) electrons. The minimum absolute atomic E-state index is 0.173. The van der Waals surface area contributed by atoms with Crippen LogP contribution in [0.5, 0.6) is 11.5 Å². The van der Waals surface area contributed by atoms with Crippen LogP contribution in [0.15, 0.2) is 47.0 Å². The van der Waals surface area contributed by atoms with E-state index in [0.29, 0.717) is 29.8 Å². The number of aromatic nitrogens is 2. The molecule has 7 heteroatoms. The number of anilines is 1. The number of nitrogens with zero attached hydrogens (tertiary/aromatic N) is 3. The molecule has 142 valence electrons. The fourth-order valence-electron chi connectivity index (χ4n) is 2.76. The van der Waals surface area contributed by atoms with Crippen molar-refractivity contribution in [3.05, 3.63) is 54.2 Å². The molecule has 0 aliphatic rings.